The molecule has 0 aromatic heterocycles. The predicted molar refractivity (Wildman–Crippen MR) is 123 cm³/mol. The molecule has 3 N–H and O–H groups in total. The fourth-order valence-electron chi connectivity index (χ4n) is 2.93. The van der Waals surface area contributed by atoms with Gasteiger partial charge < -0.3 is 20.7 Å². The third-order valence-corrected chi connectivity index (χ3v) is 4.31. The summed E-state index contributed by atoms with van der Waals surface area (Å²) >= 11 is 0. The zero-order valence-corrected chi connectivity index (χ0v) is 21.1. The van der Waals surface area contributed by atoms with Crippen LogP contribution in [0.5, 0.6) is 0 Å². The second-order valence-corrected chi connectivity index (χ2v) is 8.70. The summed E-state index contributed by atoms with van der Waals surface area (Å²) in [6, 6.07) is -0.336. The maximum absolute atomic E-state index is 12.6. The van der Waals surface area contributed by atoms with E-state index in [4.69, 9.17) is 4.74 Å². The Bertz CT molecular complexity index is 553. The number of carbonyl (C=O) groups is 1. The fraction of sp³-hybridized carbons (Fsp3) is 0.895. The van der Waals surface area contributed by atoms with Gasteiger partial charge in [-0.3, -0.25) is 9.89 Å². The van der Waals surface area contributed by atoms with Gasteiger partial charge in [0.2, 0.25) is 0 Å². The summed E-state index contributed by atoms with van der Waals surface area (Å²) in [6.07, 6.45) is -4.07. The molecule has 178 valence electrons. The standard InChI is InChI=1S/C19H36F3N5O2.HI/c1-7-23-16(25-14-8-9-27(11-14)12-19(20,21)22)24-10-15(13(2)3)26-17(28)29-18(4,5)6;/h13-15H,7-12H2,1-6H3,(H,26,28)(H2,23,24,25);1H. The molecule has 0 saturated carbocycles. The van der Waals surface area contributed by atoms with Crippen molar-refractivity contribution in [2.45, 2.75) is 71.8 Å². The Kier molecular flexibility index (Phi) is 12.4. The summed E-state index contributed by atoms with van der Waals surface area (Å²) in [5.74, 6) is 0.658. The smallest absolute Gasteiger partial charge is 0.407 e. The molecule has 1 aliphatic heterocycles. The average Bonchev–Trinajstić information content (AvgIpc) is 2.94. The number of likely N-dealkylation sites (tertiary alicyclic amines) is 1. The van der Waals surface area contributed by atoms with Crippen molar-refractivity contribution < 1.29 is 22.7 Å². The van der Waals surface area contributed by atoms with E-state index in [2.05, 4.69) is 20.9 Å². The van der Waals surface area contributed by atoms with Crippen molar-refractivity contribution in [2.24, 2.45) is 10.9 Å². The van der Waals surface area contributed by atoms with Crippen molar-refractivity contribution in [2.75, 3.05) is 32.7 Å². The Morgan fingerprint density at radius 1 is 1.27 bits per heavy atom. The lowest BCUT2D eigenvalue weighted by Crippen LogP contribution is -2.47. The minimum absolute atomic E-state index is 0. The molecule has 30 heavy (non-hydrogen) atoms. The van der Waals surface area contributed by atoms with Crippen molar-refractivity contribution in [3.63, 3.8) is 0 Å². The monoisotopic (exact) mass is 551 g/mol. The molecule has 2 unspecified atom stereocenters. The number of ether oxygens (including phenoxy) is 1. The van der Waals surface area contributed by atoms with Crippen LogP contribution in [-0.2, 0) is 4.74 Å². The van der Waals surface area contributed by atoms with Gasteiger partial charge in [0.05, 0.1) is 19.1 Å². The van der Waals surface area contributed by atoms with Gasteiger partial charge in [-0.05, 0) is 40.0 Å². The SMILES string of the molecule is CCNC(=NCC(NC(=O)OC(C)(C)C)C(C)C)NC1CCN(CC(F)(F)F)C1.I. The maximum atomic E-state index is 12.6. The predicted octanol–water partition coefficient (Wildman–Crippen LogP) is 3.35. The van der Waals surface area contributed by atoms with Crippen molar-refractivity contribution in [1.82, 2.24) is 20.9 Å². The number of halogens is 4. The number of alkyl carbamates (subject to hydrolysis) is 1. The molecular weight excluding hydrogens is 514 g/mol. The molecule has 1 aliphatic rings. The number of carbonyl (C=O) groups excluding carboxylic acids is 1. The zero-order chi connectivity index (χ0) is 22.2. The molecule has 0 radical (unpaired) electrons. The van der Waals surface area contributed by atoms with Crippen LogP contribution in [-0.4, -0.2) is 73.5 Å². The van der Waals surface area contributed by atoms with Crippen LogP contribution in [0.15, 0.2) is 4.99 Å². The topological polar surface area (TPSA) is 78.0 Å². The van der Waals surface area contributed by atoms with E-state index < -0.39 is 24.4 Å². The van der Waals surface area contributed by atoms with Crippen LogP contribution in [0, 0.1) is 5.92 Å². The van der Waals surface area contributed by atoms with E-state index in [0.29, 0.717) is 38.6 Å². The first-order valence-corrected chi connectivity index (χ1v) is 10.1. The van der Waals surface area contributed by atoms with Crippen LogP contribution in [0.1, 0.15) is 48.0 Å². The number of amides is 1. The van der Waals surface area contributed by atoms with Crippen LogP contribution in [0.25, 0.3) is 0 Å². The van der Waals surface area contributed by atoms with Gasteiger partial charge in [-0.25, -0.2) is 4.79 Å². The minimum Gasteiger partial charge on any atom is -0.444 e. The van der Waals surface area contributed by atoms with E-state index in [1.54, 1.807) is 20.8 Å². The molecule has 0 aromatic rings. The fourth-order valence-corrected chi connectivity index (χ4v) is 2.93. The normalized spacial score (nSPS) is 19.3. The molecule has 1 saturated heterocycles. The number of hydrogen-bond donors (Lipinski definition) is 3. The summed E-state index contributed by atoms with van der Waals surface area (Å²) in [5.41, 5.74) is -0.587. The Morgan fingerprint density at radius 3 is 2.40 bits per heavy atom. The van der Waals surface area contributed by atoms with Crippen LogP contribution >= 0.6 is 24.0 Å². The summed E-state index contributed by atoms with van der Waals surface area (Å²) in [7, 11) is 0. The molecule has 2 atom stereocenters. The molecular formula is C19H37F3IN5O2. The van der Waals surface area contributed by atoms with Gasteiger partial charge in [0.1, 0.15) is 5.60 Å². The molecule has 1 amide bonds. The molecule has 11 heteroatoms. The summed E-state index contributed by atoms with van der Waals surface area (Å²) in [6.45, 7) is 12.0. The number of hydrogen-bond acceptors (Lipinski definition) is 4. The molecule has 1 rings (SSSR count). The first-order chi connectivity index (χ1) is 13.3. The zero-order valence-electron chi connectivity index (χ0n) is 18.7. The highest BCUT2D eigenvalue weighted by Crippen LogP contribution is 2.20. The quantitative estimate of drug-likeness (QED) is 0.257. The second-order valence-electron chi connectivity index (χ2n) is 8.70. The van der Waals surface area contributed by atoms with Gasteiger partial charge in [-0.15, -0.1) is 24.0 Å². The Hall–Kier alpha value is -0.980. The molecule has 1 heterocycles. The lowest BCUT2D eigenvalue weighted by molar-refractivity contribution is -0.143. The van der Waals surface area contributed by atoms with E-state index in [0.717, 1.165) is 0 Å². The van der Waals surface area contributed by atoms with E-state index in [1.807, 2.05) is 20.8 Å². The van der Waals surface area contributed by atoms with Gasteiger partial charge >= 0.3 is 12.3 Å². The van der Waals surface area contributed by atoms with E-state index in [9.17, 15) is 18.0 Å². The highest BCUT2D eigenvalue weighted by Gasteiger charge is 2.34. The highest BCUT2D eigenvalue weighted by molar-refractivity contribution is 14.0. The summed E-state index contributed by atoms with van der Waals surface area (Å²) in [4.78, 5) is 18.0. The van der Waals surface area contributed by atoms with Crippen molar-refractivity contribution in [1.29, 1.82) is 0 Å². The molecule has 7 nitrogen and oxygen atoms in total. The Morgan fingerprint density at radius 2 is 1.90 bits per heavy atom. The number of rotatable bonds is 7. The van der Waals surface area contributed by atoms with Crippen LogP contribution < -0.4 is 16.0 Å². The molecule has 0 aromatic carbocycles. The highest BCUT2D eigenvalue weighted by atomic mass is 127. The molecule has 0 aliphatic carbocycles. The van der Waals surface area contributed by atoms with Crippen molar-refractivity contribution >= 4 is 36.0 Å². The molecule has 1 fully saturated rings. The summed E-state index contributed by atoms with van der Waals surface area (Å²) in [5, 5.41) is 9.16. The number of alkyl halides is 3. The van der Waals surface area contributed by atoms with Gasteiger partial charge in [0, 0.05) is 25.7 Å². The third-order valence-electron chi connectivity index (χ3n) is 4.31. The second kappa shape index (κ2) is 12.8. The Labute approximate surface area is 195 Å². The number of nitrogens with one attached hydrogen (secondary N) is 3. The van der Waals surface area contributed by atoms with Crippen molar-refractivity contribution in [3.8, 4) is 0 Å². The van der Waals surface area contributed by atoms with Gasteiger partial charge in [-0.1, -0.05) is 13.8 Å². The summed E-state index contributed by atoms with van der Waals surface area (Å²) < 4.78 is 43.0. The minimum atomic E-state index is -4.19. The van der Waals surface area contributed by atoms with Gasteiger partial charge in [-0.2, -0.15) is 13.2 Å². The maximum Gasteiger partial charge on any atom is 0.407 e. The third kappa shape index (κ3) is 12.7. The Balaban J connectivity index is 0.00000841. The molecule has 0 spiro atoms. The number of aliphatic imine (C=N–C) groups is 1. The first-order valence-electron chi connectivity index (χ1n) is 10.1. The molecule has 0 bridgehead atoms. The van der Waals surface area contributed by atoms with Crippen molar-refractivity contribution in [3.05, 3.63) is 0 Å². The van der Waals surface area contributed by atoms with Crippen LogP contribution in [0.4, 0.5) is 18.0 Å². The van der Waals surface area contributed by atoms with Crippen LogP contribution in [0.3, 0.4) is 0 Å². The lowest BCUT2D eigenvalue weighted by atomic mass is 10.1. The number of nitrogens with zero attached hydrogens (tertiary/aromatic N) is 2. The van der Waals surface area contributed by atoms with Gasteiger partial charge in [0.15, 0.2) is 5.96 Å². The van der Waals surface area contributed by atoms with Crippen LogP contribution in [0.2, 0.25) is 0 Å². The largest absolute Gasteiger partial charge is 0.444 e. The average molecular weight is 551 g/mol. The first kappa shape index (κ1) is 29.0. The van der Waals surface area contributed by atoms with Gasteiger partial charge in [0.25, 0.3) is 0 Å². The lowest BCUT2D eigenvalue weighted by Gasteiger charge is -2.25. The van der Waals surface area contributed by atoms with E-state index in [1.165, 1.54) is 4.90 Å². The van der Waals surface area contributed by atoms with E-state index in [-0.39, 0.29) is 42.0 Å². The van der Waals surface area contributed by atoms with E-state index >= 15 is 0 Å². The number of guanidine groups is 1.